The Morgan fingerprint density at radius 1 is 1.24 bits per heavy atom. The van der Waals surface area contributed by atoms with Crippen molar-refractivity contribution in [3.05, 3.63) is 23.9 Å². The molecule has 3 nitrogen and oxygen atoms in total. The molecule has 3 aliphatic rings. The van der Waals surface area contributed by atoms with Gasteiger partial charge >= 0.3 is 0 Å². The third-order valence-electron chi connectivity index (χ3n) is 5.78. The Hall–Kier alpha value is -1.09. The predicted octanol–water partition coefficient (Wildman–Crippen LogP) is 3.21. The molecule has 0 aromatic carbocycles. The summed E-state index contributed by atoms with van der Waals surface area (Å²) in [4.78, 5) is 7.08. The van der Waals surface area contributed by atoms with Gasteiger partial charge in [0.15, 0.2) is 0 Å². The van der Waals surface area contributed by atoms with Crippen molar-refractivity contribution in [1.29, 1.82) is 0 Å². The van der Waals surface area contributed by atoms with Crippen LogP contribution >= 0.6 is 0 Å². The molecule has 1 aromatic heterocycles. The SMILES string of the molecule is CN(CC1CC2CCC1C2)c1ncccc1CNC1CC1. The molecule has 3 fully saturated rings. The van der Waals surface area contributed by atoms with Crippen LogP contribution in [0.3, 0.4) is 0 Å². The van der Waals surface area contributed by atoms with Gasteiger partial charge in [0.2, 0.25) is 0 Å². The smallest absolute Gasteiger partial charge is 0.132 e. The molecule has 2 bridgehead atoms. The molecule has 0 saturated heterocycles. The van der Waals surface area contributed by atoms with Crippen LogP contribution in [0.15, 0.2) is 18.3 Å². The molecule has 4 rings (SSSR count). The van der Waals surface area contributed by atoms with Crippen molar-refractivity contribution in [3.63, 3.8) is 0 Å². The number of fused-ring (bicyclic) bond motifs is 2. The van der Waals surface area contributed by atoms with Crippen molar-refractivity contribution in [3.8, 4) is 0 Å². The van der Waals surface area contributed by atoms with Crippen LogP contribution in [0, 0.1) is 17.8 Å². The number of hydrogen-bond acceptors (Lipinski definition) is 3. The van der Waals surface area contributed by atoms with Gasteiger partial charge in [-0.3, -0.25) is 0 Å². The van der Waals surface area contributed by atoms with E-state index in [2.05, 4.69) is 34.4 Å². The zero-order valence-corrected chi connectivity index (χ0v) is 13.1. The molecule has 0 amide bonds. The monoisotopic (exact) mass is 285 g/mol. The van der Waals surface area contributed by atoms with Crippen molar-refractivity contribution < 1.29 is 0 Å². The molecule has 1 heterocycles. The van der Waals surface area contributed by atoms with Gasteiger partial charge in [0, 0.05) is 37.9 Å². The first kappa shape index (κ1) is 13.6. The quantitative estimate of drug-likeness (QED) is 0.870. The number of rotatable bonds is 6. The third-order valence-corrected chi connectivity index (χ3v) is 5.78. The molecule has 21 heavy (non-hydrogen) atoms. The average Bonchev–Trinajstić information content (AvgIpc) is 3.11. The molecule has 3 saturated carbocycles. The lowest BCUT2D eigenvalue weighted by molar-refractivity contribution is 0.337. The molecule has 3 aliphatic carbocycles. The largest absolute Gasteiger partial charge is 0.359 e. The van der Waals surface area contributed by atoms with Crippen molar-refractivity contribution >= 4 is 5.82 Å². The van der Waals surface area contributed by atoms with Gasteiger partial charge in [-0.2, -0.15) is 0 Å². The maximum Gasteiger partial charge on any atom is 0.132 e. The first-order valence-electron chi connectivity index (χ1n) is 8.68. The molecule has 3 atom stereocenters. The second kappa shape index (κ2) is 5.60. The summed E-state index contributed by atoms with van der Waals surface area (Å²) < 4.78 is 0. The first-order chi connectivity index (χ1) is 10.3. The van der Waals surface area contributed by atoms with Crippen LogP contribution in [0.4, 0.5) is 5.82 Å². The minimum atomic E-state index is 0.758. The zero-order chi connectivity index (χ0) is 14.2. The summed E-state index contributed by atoms with van der Waals surface area (Å²) in [5.41, 5.74) is 1.36. The van der Waals surface area contributed by atoms with Gasteiger partial charge in [-0.25, -0.2) is 4.98 Å². The normalized spacial score (nSPS) is 30.8. The molecule has 0 spiro atoms. The Morgan fingerprint density at radius 2 is 2.14 bits per heavy atom. The third kappa shape index (κ3) is 2.94. The van der Waals surface area contributed by atoms with Crippen LogP contribution in [-0.4, -0.2) is 24.6 Å². The Labute approximate surface area is 128 Å². The summed E-state index contributed by atoms with van der Waals surface area (Å²) in [6.07, 6.45) is 10.5. The van der Waals surface area contributed by atoms with E-state index in [4.69, 9.17) is 0 Å². The maximum atomic E-state index is 4.67. The van der Waals surface area contributed by atoms with E-state index in [0.29, 0.717) is 0 Å². The van der Waals surface area contributed by atoms with E-state index in [-0.39, 0.29) is 0 Å². The number of aromatic nitrogens is 1. The van der Waals surface area contributed by atoms with Crippen LogP contribution in [0.5, 0.6) is 0 Å². The van der Waals surface area contributed by atoms with Crippen LogP contribution in [0.25, 0.3) is 0 Å². The van der Waals surface area contributed by atoms with E-state index in [1.165, 1.54) is 56.5 Å². The Kier molecular flexibility index (Phi) is 3.62. The Morgan fingerprint density at radius 3 is 2.86 bits per heavy atom. The van der Waals surface area contributed by atoms with Crippen molar-refractivity contribution in [2.24, 2.45) is 17.8 Å². The van der Waals surface area contributed by atoms with Gasteiger partial charge in [-0.15, -0.1) is 0 Å². The highest BCUT2D eigenvalue weighted by atomic mass is 15.2. The fourth-order valence-corrected chi connectivity index (χ4v) is 4.49. The molecule has 1 N–H and O–H groups in total. The van der Waals surface area contributed by atoms with E-state index >= 15 is 0 Å². The van der Waals surface area contributed by atoms with Gasteiger partial charge < -0.3 is 10.2 Å². The molecule has 0 radical (unpaired) electrons. The predicted molar refractivity (Wildman–Crippen MR) is 86.3 cm³/mol. The van der Waals surface area contributed by atoms with E-state index in [0.717, 1.165) is 30.3 Å². The van der Waals surface area contributed by atoms with Crippen molar-refractivity contribution in [2.75, 3.05) is 18.5 Å². The number of anilines is 1. The first-order valence-corrected chi connectivity index (χ1v) is 8.68. The van der Waals surface area contributed by atoms with E-state index in [1.807, 2.05) is 6.20 Å². The highest BCUT2D eigenvalue weighted by Gasteiger charge is 2.39. The summed E-state index contributed by atoms with van der Waals surface area (Å²) in [5, 5.41) is 3.62. The molecule has 0 aliphatic heterocycles. The maximum absolute atomic E-state index is 4.67. The van der Waals surface area contributed by atoms with Crippen molar-refractivity contribution in [2.45, 2.75) is 51.1 Å². The molecule has 3 unspecified atom stereocenters. The molecule has 3 heteroatoms. The summed E-state index contributed by atoms with van der Waals surface area (Å²) in [7, 11) is 2.23. The second-order valence-corrected chi connectivity index (χ2v) is 7.46. The minimum Gasteiger partial charge on any atom is -0.359 e. The van der Waals surface area contributed by atoms with Crippen LogP contribution in [-0.2, 0) is 6.54 Å². The van der Waals surface area contributed by atoms with Crippen LogP contribution in [0.2, 0.25) is 0 Å². The van der Waals surface area contributed by atoms with Gasteiger partial charge in [-0.1, -0.05) is 12.5 Å². The van der Waals surface area contributed by atoms with Gasteiger partial charge in [-0.05, 0) is 55.9 Å². The van der Waals surface area contributed by atoms with Crippen LogP contribution in [0.1, 0.15) is 44.1 Å². The van der Waals surface area contributed by atoms with E-state index in [9.17, 15) is 0 Å². The minimum absolute atomic E-state index is 0.758. The fourth-order valence-electron chi connectivity index (χ4n) is 4.49. The van der Waals surface area contributed by atoms with Gasteiger partial charge in [0.1, 0.15) is 5.82 Å². The van der Waals surface area contributed by atoms with E-state index in [1.54, 1.807) is 0 Å². The molecular formula is C18H27N3. The lowest BCUT2D eigenvalue weighted by Crippen LogP contribution is -2.30. The molecule has 1 aromatic rings. The second-order valence-electron chi connectivity index (χ2n) is 7.46. The Bertz CT molecular complexity index is 497. The summed E-state index contributed by atoms with van der Waals surface area (Å²) in [6, 6.07) is 5.06. The number of nitrogens with one attached hydrogen (secondary N) is 1. The number of nitrogens with zero attached hydrogens (tertiary/aromatic N) is 2. The lowest BCUT2D eigenvalue weighted by atomic mass is 9.88. The summed E-state index contributed by atoms with van der Waals surface area (Å²) in [5.74, 6) is 4.12. The van der Waals surface area contributed by atoms with E-state index < -0.39 is 0 Å². The molecule has 114 valence electrons. The van der Waals surface area contributed by atoms with Crippen molar-refractivity contribution in [1.82, 2.24) is 10.3 Å². The topological polar surface area (TPSA) is 28.2 Å². The highest BCUT2D eigenvalue weighted by Crippen LogP contribution is 2.48. The van der Waals surface area contributed by atoms with Gasteiger partial charge in [0.25, 0.3) is 0 Å². The number of pyridine rings is 1. The van der Waals surface area contributed by atoms with Gasteiger partial charge in [0.05, 0.1) is 0 Å². The Balaban J connectivity index is 1.41. The van der Waals surface area contributed by atoms with Crippen LogP contribution < -0.4 is 10.2 Å². The summed E-state index contributed by atoms with van der Waals surface area (Å²) >= 11 is 0. The molecular weight excluding hydrogens is 258 g/mol. The number of hydrogen-bond donors (Lipinski definition) is 1. The zero-order valence-electron chi connectivity index (χ0n) is 13.1. The fraction of sp³-hybridized carbons (Fsp3) is 0.722. The lowest BCUT2D eigenvalue weighted by Gasteiger charge is -2.29. The standard InChI is InChI=1S/C18H27N3/c1-21(12-16-10-13-4-5-14(16)9-13)18-15(3-2-8-19-18)11-20-17-6-7-17/h2-3,8,13-14,16-17,20H,4-7,9-12H2,1H3. The summed E-state index contributed by atoms with van der Waals surface area (Å²) in [6.45, 7) is 2.16. The highest BCUT2D eigenvalue weighted by molar-refractivity contribution is 5.46. The average molecular weight is 285 g/mol.